The summed E-state index contributed by atoms with van der Waals surface area (Å²) >= 11 is 0. The van der Waals surface area contributed by atoms with Gasteiger partial charge in [0.2, 0.25) is 5.91 Å². The van der Waals surface area contributed by atoms with E-state index in [1.807, 2.05) is 26.0 Å². The molecule has 1 saturated heterocycles. The number of likely N-dealkylation sites (tertiary alicyclic amines) is 1. The summed E-state index contributed by atoms with van der Waals surface area (Å²) < 4.78 is 5.55. The maximum atomic E-state index is 11.8. The Balaban J connectivity index is 2.00. The number of carbonyl (C=O) groups excluding carboxylic acids is 1. The van der Waals surface area contributed by atoms with E-state index < -0.39 is 0 Å². The van der Waals surface area contributed by atoms with E-state index in [0.29, 0.717) is 6.54 Å². The maximum absolute atomic E-state index is 11.8. The number of hydrogen-bond donors (Lipinski definition) is 1. The molecule has 1 unspecified atom stereocenters. The van der Waals surface area contributed by atoms with Crippen molar-refractivity contribution in [1.29, 1.82) is 0 Å². The van der Waals surface area contributed by atoms with E-state index in [0.717, 1.165) is 24.4 Å². The van der Waals surface area contributed by atoms with Gasteiger partial charge in [0.25, 0.3) is 0 Å². The summed E-state index contributed by atoms with van der Waals surface area (Å²) in [6.45, 7) is 6.59. The predicted molar refractivity (Wildman–Crippen MR) is 79.3 cm³/mol. The molecule has 2 heterocycles. The van der Waals surface area contributed by atoms with Gasteiger partial charge in [-0.3, -0.25) is 9.69 Å². The Morgan fingerprint density at radius 3 is 2.75 bits per heavy atom. The van der Waals surface area contributed by atoms with Gasteiger partial charge in [-0.1, -0.05) is 12.0 Å². The molecule has 0 saturated carbocycles. The Labute approximate surface area is 120 Å². The molecule has 1 aromatic heterocycles. The van der Waals surface area contributed by atoms with Crippen LogP contribution < -0.4 is 5.32 Å². The summed E-state index contributed by atoms with van der Waals surface area (Å²) in [4.78, 5) is 14.2. The molecule has 1 aliphatic heterocycles. The number of amides is 1. The molecule has 1 amide bonds. The smallest absolute Gasteiger partial charge is 0.243 e. The molecule has 4 heteroatoms. The van der Waals surface area contributed by atoms with Crippen LogP contribution in [-0.2, 0) is 4.79 Å². The van der Waals surface area contributed by atoms with Crippen molar-refractivity contribution in [1.82, 2.24) is 10.2 Å². The van der Waals surface area contributed by atoms with E-state index >= 15 is 0 Å². The zero-order valence-corrected chi connectivity index (χ0v) is 12.4. The number of piperidine rings is 1. The largest absolute Gasteiger partial charge is 0.468 e. The van der Waals surface area contributed by atoms with Crippen LogP contribution in [0.15, 0.2) is 34.5 Å². The van der Waals surface area contributed by atoms with Crippen molar-refractivity contribution in [3.63, 3.8) is 0 Å². The monoisotopic (exact) mass is 276 g/mol. The highest BCUT2D eigenvalue weighted by Crippen LogP contribution is 2.24. The minimum Gasteiger partial charge on any atom is -0.468 e. The second-order valence-corrected chi connectivity index (χ2v) is 5.59. The lowest BCUT2D eigenvalue weighted by Crippen LogP contribution is -2.40. The van der Waals surface area contributed by atoms with E-state index in [1.165, 1.54) is 19.3 Å². The Morgan fingerprint density at radius 1 is 1.40 bits per heavy atom. The highest BCUT2D eigenvalue weighted by molar-refractivity contribution is 5.88. The van der Waals surface area contributed by atoms with Crippen LogP contribution in [0, 0.1) is 0 Å². The first-order chi connectivity index (χ1) is 9.66. The van der Waals surface area contributed by atoms with Crippen molar-refractivity contribution >= 4 is 5.91 Å². The Kier molecular flexibility index (Phi) is 5.41. The molecule has 1 fully saturated rings. The second kappa shape index (κ2) is 7.29. The molecule has 0 aromatic carbocycles. The van der Waals surface area contributed by atoms with Crippen molar-refractivity contribution in [2.75, 3.05) is 19.6 Å². The Morgan fingerprint density at radius 2 is 2.15 bits per heavy atom. The molecule has 1 N–H and O–H groups in total. The number of rotatable bonds is 5. The maximum Gasteiger partial charge on any atom is 0.243 e. The number of allylic oxidation sites excluding steroid dienone is 1. The lowest BCUT2D eigenvalue weighted by Gasteiger charge is -2.33. The minimum atomic E-state index is -0.0291. The van der Waals surface area contributed by atoms with Crippen LogP contribution in [0.2, 0.25) is 0 Å². The van der Waals surface area contributed by atoms with E-state index in [-0.39, 0.29) is 11.9 Å². The number of hydrogen-bond acceptors (Lipinski definition) is 3. The van der Waals surface area contributed by atoms with Gasteiger partial charge in [-0.05, 0) is 51.9 Å². The van der Waals surface area contributed by atoms with Gasteiger partial charge in [0.15, 0.2) is 0 Å². The van der Waals surface area contributed by atoms with Gasteiger partial charge < -0.3 is 9.73 Å². The molecule has 4 nitrogen and oxygen atoms in total. The highest BCUT2D eigenvalue weighted by Gasteiger charge is 2.24. The molecule has 1 aliphatic rings. The molecular weight excluding hydrogens is 252 g/mol. The van der Waals surface area contributed by atoms with Crippen molar-refractivity contribution in [2.24, 2.45) is 0 Å². The fraction of sp³-hybridized carbons (Fsp3) is 0.562. The molecule has 0 aliphatic carbocycles. The first-order valence-corrected chi connectivity index (χ1v) is 7.37. The van der Waals surface area contributed by atoms with Crippen LogP contribution in [-0.4, -0.2) is 30.4 Å². The minimum absolute atomic E-state index is 0.0291. The molecule has 2 rings (SSSR count). The van der Waals surface area contributed by atoms with Gasteiger partial charge in [0.05, 0.1) is 12.3 Å². The summed E-state index contributed by atoms with van der Waals surface area (Å²) in [7, 11) is 0. The number of carbonyl (C=O) groups is 1. The van der Waals surface area contributed by atoms with Crippen molar-refractivity contribution in [3.05, 3.63) is 35.8 Å². The fourth-order valence-electron chi connectivity index (χ4n) is 2.63. The number of nitrogens with one attached hydrogen (secondary N) is 1. The van der Waals surface area contributed by atoms with Crippen LogP contribution in [0.1, 0.15) is 44.9 Å². The third kappa shape index (κ3) is 4.23. The average molecular weight is 276 g/mol. The van der Waals surface area contributed by atoms with Crippen LogP contribution in [0.4, 0.5) is 0 Å². The van der Waals surface area contributed by atoms with Gasteiger partial charge in [0.1, 0.15) is 5.76 Å². The van der Waals surface area contributed by atoms with E-state index in [9.17, 15) is 4.79 Å². The molecule has 20 heavy (non-hydrogen) atoms. The molecule has 1 aromatic rings. The zero-order chi connectivity index (χ0) is 14.4. The number of furan rings is 1. The van der Waals surface area contributed by atoms with Crippen molar-refractivity contribution in [3.8, 4) is 0 Å². The van der Waals surface area contributed by atoms with Crippen molar-refractivity contribution in [2.45, 2.75) is 39.2 Å². The van der Waals surface area contributed by atoms with E-state index in [2.05, 4.69) is 10.2 Å². The lowest BCUT2D eigenvalue weighted by atomic mass is 10.1. The fourth-order valence-corrected chi connectivity index (χ4v) is 2.63. The van der Waals surface area contributed by atoms with Gasteiger partial charge in [-0.15, -0.1) is 0 Å². The zero-order valence-electron chi connectivity index (χ0n) is 12.4. The summed E-state index contributed by atoms with van der Waals surface area (Å²) in [5.41, 5.74) is 1.01. The second-order valence-electron chi connectivity index (χ2n) is 5.59. The summed E-state index contributed by atoms with van der Waals surface area (Å²) in [6.07, 6.45) is 7.07. The van der Waals surface area contributed by atoms with Gasteiger partial charge in [0, 0.05) is 12.6 Å². The van der Waals surface area contributed by atoms with Gasteiger partial charge in [-0.2, -0.15) is 0 Å². The third-order valence-electron chi connectivity index (χ3n) is 3.59. The summed E-state index contributed by atoms with van der Waals surface area (Å²) in [6, 6.07) is 4.04. The van der Waals surface area contributed by atoms with Crippen LogP contribution in [0.25, 0.3) is 0 Å². The summed E-state index contributed by atoms with van der Waals surface area (Å²) in [5.74, 6) is 0.906. The first kappa shape index (κ1) is 14.9. The SMILES string of the molecule is CC(C)=CC(=O)NCC(c1ccco1)N1CCCCC1. The van der Waals surface area contributed by atoms with E-state index in [1.54, 1.807) is 12.3 Å². The molecule has 1 atom stereocenters. The van der Waals surface area contributed by atoms with Crippen LogP contribution in [0.5, 0.6) is 0 Å². The Hall–Kier alpha value is -1.55. The molecular formula is C16H24N2O2. The first-order valence-electron chi connectivity index (χ1n) is 7.37. The van der Waals surface area contributed by atoms with Crippen molar-refractivity contribution < 1.29 is 9.21 Å². The van der Waals surface area contributed by atoms with E-state index in [4.69, 9.17) is 4.42 Å². The van der Waals surface area contributed by atoms with Crippen LogP contribution >= 0.6 is 0 Å². The predicted octanol–water partition coefficient (Wildman–Crippen LogP) is 2.89. The van der Waals surface area contributed by atoms with Crippen LogP contribution in [0.3, 0.4) is 0 Å². The molecule has 0 spiro atoms. The summed E-state index contributed by atoms with van der Waals surface area (Å²) in [5, 5.41) is 2.98. The van der Waals surface area contributed by atoms with Gasteiger partial charge >= 0.3 is 0 Å². The quantitative estimate of drug-likeness (QED) is 0.841. The number of nitrogens with zero attached hydrogens (tertiary/aromatic N) is 1. The molecule has 110 valence electrons. The lowest BCUT2D eigenvalue weighted by molar-refractivity contribution is -0.116. The normalized spacial score (nSPS) is 17.5. The highest BCUT2D eigenvalue weighted by atomic mass is 16.3. The molecule has 0 radical (unpaired) electrons. The Bertz CT molecular complexity index is 441. The topological polar surface area (TPSA) is 45.5 Å². The standard InChI is InChI=1S/C16H24N2O2/c1-13(2)11-16(19)17-12-14(15-7-6-10-20-15)18-8-4-3-5-9-18/h6-7,10-11,14H,3-5,8-9,12H2,1-2H3,(H,17,19). The molecule has 0 bridgehead atoms. The average Bonchev–Trinajstić information content (AvgIpc) is 2.93. The third-order valence-corrected chi connectivity index (χ3v) is 3.59. The van der Waals surface area contributed by atoms with Gasteiger partial charge in [-0.25, -0.2) is 0 Å².